The summed E-state index contributed by atoms with van der Waals surface area (Å²) in [5, 5.41) is 3.79. The number of hydrogen-bond donors (Lipinski definition) is 1. The summed E-state index contributed by atoms with van der Waals surface area (Å²) in [7, 11) is 0. The van der Waals surface area contributed by atoms with Crippen molar-refractivity contribution in [3.05, 3.63) is 64.4 Å². The van der Waals surface area contributed by atoms with Crippen molar-refractivity contribution < 1.29 is 9.13 Å². The second-order valence-corrected chi connectivity index (χ2v) is 7.07. The van der Waals surface area contributed by atoms with E-state index in [1.807, 2.05) is 18.2 Å². The van der Waals surface area contributed by atoms with Crippen LogP contribution in [0.4, 0.5) is 10.1 Å². The lowest BCUT2D eigenvalue weighted by Crippen LogP contribution is -2.44. The molecule has 0 radical (unpaired) electrons. The number of nitrogens with one attached hydrogen (secondary N) is 1. The number of rotatable bonds is 5. The Bertz CT molecular complexity index is 694. The van der Waals surface area contributed by atoms with Crippen LogP contribution in [0.5, 0.6) is 0 Å². The molecule has 0 unspecified atom stereocenters. The molecule has 3 rings (SSSR count). The number of halogens is 2. The van der Waals surface area contributed by atoms with Gasteiger partial charge in [0, 0.05) is 42.5 Å². The monoisotopic (exact) mass is 362 g/mol. The molecule has 1 fully saturated rings. The van der Waals surface area contributed by atoms with Gasteiger partial charge in [-0.15, -0.1) is 0 Å². The first-order valence-corrected chi connectivity index (χ1v) is 9.03. The molecule has 0 aliphatic carbocycles. The molecule has 0 bridgehead atoms. The van der Waals surface area contributed by atoms with Gasteiger partial charge < -0.3 is 10.1 Å². The molecule has 0 amide bonds. The van der Waals surface area contributed by atoms with Crippen LogP contribution in [0.15, 0.2) is 42.5 Å². The first-order valence-electron chi connectivity index (χ1n) is 8.65. The number of para-hydroxylation sites is 1. The van der Waals surface area contributed by atoms with E-state index in [1.54, 1.807) is 12.1 Å². The highest BCUT2D eigenvalue weighted by Gasteiger charge is 2.22. The van der Waals surface area contributed by atoms with Crippen LogP contribution in [0, 0.1) is 5.82 Å². The zero-order valence-electron chi connectivity index (χ0n) is 14.6. The van der Waals surface area contributed by atoms with Crippen molar-refractivity contribution in [2.75, 3.05) is 18.4 Å². The molecule has 5 heteroatoms. The SMILES string of the molecule is C[C@@H]1CN(Cc2ccccc2NCc2c(F)cccc2Cl)C[C@@H](C)O1. The van der Waals surface area contributed by atoms with Gasteiger partial charge in [0.05, 0.1) is 12.2 Å². The minimum absolute atomic E-state index is 0.237. The molecule has 0 spiro atoms. The van der Waals surface area contributed by atoms with Crippen molar-refractivity contribution in [1.82, 2.24) is 4.90 Å². The molecule has 1 N–H and O–H groups in total. The van der Waals surface area contributed by atoms with E-state index in [2.05, 4.69) is 30.1 Å². The Balaban J connectivity index is 1.71. The summed E-state index contributed by atoms with van der Waals surface area (Å²) in [6.45, 7) is 7.24. The molecule has 2 atom stereocenters. The molecule has 1 heterocycles. The average molecular weight is 363 g/mol. The highest BCUT2D eigenvalue weighted by molar-refractivity contribution is 6.31. The maximum absolute atomic E-state index is 14.0. The standard InChI is InChI=1S/C20H24ClFN2O/c1-14-11-24(12-15(2)25-14)13-16-6-3-4-9-20(16)23-10-17-18(21)7-5-8-19(17)22/h3-9,14-15,23H,10-13H2,1-2H3/t14-,15-/m1/s1. The number of morpholine rings is 1. The predicted octanol–water partition coefficient (Wildman–Crippen LogP) is 4.70. The number of nitrogens with zero attached hydrogens (tertiary/aromatic N) is 1. The maximum Gasteiger partial charge on any atom is 0.129 e. The van der Waals surface area contributed by atoms with Gasteiger partial charge >= 0.3 is 0 Å². The lowest BCUT2D eigenvalue weighted by atomic mass is 10.1. The van der Waals surface area contributed by atoms with E-state index in [0.29, 0.717) is 17.1 Å². The molecule has 2 aromatic carbocycles. The zero-order valence-corrected chi connectivity index (χ0v) is 15.4. The summed E-state index contributed by atoms with van der Waals surface area (Å²) < 4.78 is 19.8. The van der Waals surface area contributed by atoms with Gasteiger partial charge in [-0.25, -0.2) is 4.39 Å². The molecule has 134 valence electrons. The van der Waals surface area contributed by atoms with Gasteiger partial charge in [0.1, 0.15) is 5.82 Å². The molecular formula is C20H24ClFN2O. The fourth-order valence-corrected chi connectivity index (χ4v) is 3.60. The smallest absolute Gasteiger partial charge is 0.129 e. The Kier molecular flexibility index (Phi) is 5.94. The number of anilines is 1. The van der Waals surface area contributed by atoms with Crippen LogP contribution in [0.1, 0.15) is 25.0 Å². The summed E-state index contributed by atoms with van der Waals surface area (Å²) in [6.07, 6.45) is 0.474. The lowest BCUT2D eigenvalue weighted by molar-refractivity contribution is -0.0704. The fraction of sp³-hybridized carbons (Fsp3) is 0.400. The highest BCUT2D eigenvalue weighted by Crippen LogP contribution is 2.23. The molecule has 0 aromatic heterocycles. The van der Waals surface area contributed by atoms with Crippen LogP contribution < -0.4 is 5.32 Å². The molecule has 2 aromatic rings. The van der Waals surface area contributed by atoms with Gasteiger partial charge in [0.2, 0.25) is 0 Å². The van der Waals surface area contributed by atoms with Gasteiger partial charge in [-0.3, -0.25) is 4.90 Å². The normalized spacial score (nSPS) is 21.3. The van der Waals surface area contributed by atoms with E-state index < -0.39 is 0 Å². The Morgan fingerprint density at radius 2 is 1.84 bits per heavy atom. The maximum atomic E-state index is 14.0. The van der Waals surface area contributed by atoms with E-state index >= 15 is 0 Å². The largest absolute Gasteiger partial charge is 0.381 e. The van der Waals surface area contributed by atoms with Crippen molar-refractivity contribution in [2.24, 2.45) is 0 Å². The Hall–Kier alpha value is -1.62. The minimum Gasteiger partial charge on any atom is -0.381 e. The molecule has 3 nitrogen and oxygen atoms in total. The zero-order chi connectivity index (χ0) is 17.8. The van der Waals surface area contributed by atoms with Gasteiger partial charge in [-0.2, -0.15) is 0 Å². The summed E-state index contributed by atoms with van der Waals surface area (Å²) in [5.41, 5.74) is 2.69. The summed E-state index contributed by atoms with van der Waals surface area (Å²) in [4.78, 5) is 2.40. The van der Waals surface area contributed by atoms with E-state index in [1.165, 1.54) is 11.6 Å². The lowest BCUT2D eigenvalue weighted by Gasteiger charge is -2.35. The fourth-order valence-electron chi connectivity index (χ4n) is 3.37. The van der Waals surface area contributed by atoms with Gasteiger partial charge in [-0.1, -0.05) is 35.9 Å². The van der Waals surface area contributed by atoms with Crippen molar-refractivity contribution in [1.29, 1.82) is 0 Å². The summed E-state index contributed by atoms with van der Waals surface area (Å²) >= 11 is 6.12. The molecule has 25 heavy (non-hydrogen) atoms. The third kappa shape index (κ3) is 4.72. The average Bonchev–Trinajstić information content (AvgIpc) is 2.55. The second kappa shape index (κ2) is 8.17. The highest BCUT2D eigenvalue weighted by atomic mass is 35.5. The topological polar surface area (TPSA) is 24.5 Å². The first kappa shape index (κ1) is 18.2. The van der Waals surface area contributed by atoms with Crippen LogP contribution in [0.3, 0.4) is 0 Å². The van der Waals surface area contributed by atoms with E-state index in [0.717, 1.165) is 25.3 Å². The Morgan fingerprint density at radius 3 is 2.56 bits per heavy atom. The molecule has 1 aliphatic rings. The van der Waals surface area contributed by atoms with Gasteiger partial charge in [0.15, 0.2) is 0 Å². The third-order valence-corrected chi connectivity index (χ3v) is 4.78. The van der Waals surface area contributed by atoms with Gasteiger partial charge in [0.25, 0.3) is 0 Å². The van der Waals surface area contributed by atoms with Crippen LogP contribution in [0.25, 0.3) is 0 Å². The minimum atomic E-state index is -0.284. The Labute approximate surface area is 153 Å². The van der Waals surface area contributed by atoms with Crippen LogP contribution in [-0.2, 0) is 17.8 Å². The molecule has 1 saturated heterocycles. The van der Waals surface area contributed by atoms with E-state index in [-0.39, 0.29) is 18.0 Å². The predicted molar refractivity (Wildman–Crippen MR) is 100 cm³/mol. The first-order chi connectivity index (χ1) is 12.0. The van der Waals surface area contributed by atoms with E-state index in [9.17, 15) is 4.39 Å². The van der Waals surface area contributed by atoms with Crippen molar-refractivity contribution >= 4 is 17.3 Å². The summed E-state index contributed by atoms with van der Waals surface area (Å²) in [5.74, 6) is -0.284. The number of ether oxygens (including phenoxy) is 1. The quantitative estimate of drug-likeness (QED) is 0.834. The Morgan fingerprint density at radius 1 is 1.12 bits per heavy atom. The number of hydrogen-bond acceptors (Lipinski definition) is 3. The van der Waals surface area contributed by atoms with Crippen molar-refractivity contribution in [3.8, 4) is 0 Å². The second-order valence-electron chi connectivity index (χ2n) is 6.66. The third-order valence-electron chi connectivity index (χ3n) is 4.42. The van der Waals surface area contributed by atoms with Crippen LogP contribution in [-0.4, -0.2) is 30.2 Å². The van der Waals surface area contributed by atoms with E-state index in [4.69, 9.17) is 16.3 Å². The number of benzene rings is 2. The van der Waals surface area contributed by atoms with Crippen molar-refractivity contribution in [2.45, 2.75) is 39.1 Å². The molecule has 0 saturated carbocycles. The van der Waals surface area contributed by atoms with Crippen LogP contribution in [0.2, 0.25) is 5.02 Å². The molecular weight excluding hydrogens is 339 g/mol. The summed E-state index contributed by atoms with van der Waals surface area (Å²) in [6, 6.07) is 12.9. The molecule has 1 aliphatic heterocycles. The van der Waals surface area contributed by atoms with Gasteiger partial charge in [-0.05, 0) is 37.6 Å². The van der Waals surface area contributed by atoms with Crippen LogP contribution >= 0.6 is 11.6 Å². The van der Waals surface area contributed by atoms with Crippen molar-refractivity contribution in [3.63, 3.8) is 0 Å².